The molecule has 0 spiro atoms. The van der Waals surface area contributed by atoms with Crippen LogP contribution in [0.5, 0.6) is 0 Å². The molecule has 0 aliphatic rings. The van der Waals surface area contributed by atoms with Crippen molar-refractivity contribution in [2.24, 2.45) is 5.92 Å². The highest BCUT2D eigenvalue weighted by atomic mass is 16.6. The Hall–Kier alpha value is -4.08. The third-order valence-electron chi connectivity index (χ3n) is 4.91. The molecule has 4 aromatic rings. The molecule has 3 aromatic heterocycles. The van der Waals surface area contributed by atoms with Crippen LogP contribution in [0.15, 0.2) is 59.5 Å². The van der Waals surface area contributed by atoms with Crippen LogP contribution in [-0.2, 0) is 11.3 Å². The number of nitrogens with zero attached hydrogens (tertiary/aromatic N) is 5. The summed E-state index contributed by atoms with van der Waals surface area (Å²) in [6.07, 6.45) is 5.01. The van der Waals surface area contributed by atoms with E-state index in [1.54, 1.807) is 47.4 Å². The van der Waals surface area contributed by atoms with E-state index < -0.39 is 11.0 Å². The van der Waals surface area contributed by atoms with Crippen molar-refractivity contribution in [3.63, 3.8) is 0 Å². The van der Waals surface area contributed by atoms with Gasteiger partial charge in [-0.3, -0.25) is 19.9 Å². The number of nitrogens with one attached hydrogen (secondary N) is 1. The summed E-state index contributed by atoms with van der Waals surface area (Å²) in [4.78, 5) is 31.7. The summed E-state index contributed by atoms with van der Waals surface area (Å²) >= 11 is 0. The van der Waals surface area contributed by atoms with E-state index in [0.29, 0.717) is 17.1 Å². The molecule has 0 aliphatic carbocycles. The minimum atomic E-state index is -0.460. The summed E-state index contributed by atoms with van der Waals surface area (Å²) in [6, 6.07) is 9.39. The summed E-state index contributed by atoms with van der Waals surface area (Å²) < 4.78 is 7.16. The average molecular weight is 420 g/mol. The standard InChI is InChI=1S/C21H20N6O4/c1-13(2)19(21-24-20(25-31-21)14-5-8-22-9-6-14)23-18(28)12-26-10-7-15-11-16(27(29)30)3-4-17(15)26/h3-11,13,19H,12H2,1-2H3,(H,23,28). The van der Waals surface area contributed by atoms with Crippen molar-refractivity contribution in [3.8, 4) is 11.4 Å². The Morgan fingerprint density at radius 3 is 2.71 bits per heavy atom. The van der Waals surface area contributed by atoms with Gasteiger partial charge in [0.25, 0.3) is 5.69 Å². The van der Waals surface area contributed by atoms with Crippen LogP contribution >= 0.6 is 0 Å². The van der Waals surface area contributed by atoms with Gasteiger partial charge in [0, 0.05) is 47.2 Å². The molecule has 0 fully saturated rings. The first-order valence-corrected chi connectivity index (χ1v) is 9.69. The van der Waals surface area contributed by atoms with Gasteiger partial charge in [-0.05, 0) is 30.2 Å². The first-order valence-electron chi connectivity index (χ1n) is 9.69. The molecule has 31 heavy (non-hydrogen) atoms. The Labute approximate surface area is 177 Å². The van der Waals surface area contributed by atoms with Crippen molar-refractivity contribution in [1.82, 2.24) is 25.0 Å². The fourth-order valence-corrected chi connectivity index (χ4v) is 3.31. The number of fused-ring (bicyclic) bond motifs is 1. The van der Waals surface area contributed by atoms with Crippen molar-refractivity contribution in [2.45, 2.75) is 26.4 Å². The largest absolute Gasteiger partial charge is 0.342 e. The van der Waals surface area contributed by atoms with Crippen LogP contribution in [0.1, 0.15) is 25.8 Å². The summed E-state index contributed by atoms with van der Waals surface area (Å²) in [5.41, 5.74) is 1.52. The van der Waals surface area contributed by atoms with Gasteiger partial charge in [0.1, 0.15) is 12.6 Å². The first kappa shape index (κ1) is 20.2. The molecule has 158 valence electrons. The van der Waals surface area contributed by atoms with Crippen molar-refractivity contribution in [1.29, 1.82) is 0 Å². The molecule has 1 aromatic carbocycles. The number of pyridine rings is 1. The van der Waals surface area contributed by atoms with Crippen LogP contribution in [0.25, 0.3) is 22.3 Å². The molecule has 0 saturated carbocycles. The maximum absolute atomic E-state index is 12.8. The molecule has 0 radical (unpaired) electrons. The molecule has 0 aliphatic heterocycles. The fourth-order valence-electron chi connectivity index (χ4n) is 3.31. The van der Waals surface area contributed by atoms with Crippen LogP contribution in [0.4, 0.5) is 5.69 Å². The zero-order valence-electron chi connectivity index (χ0n) is 16.9. The van der Waals surface area contributed by atoms with Gasteiger partial charge in [-0.1, -0.05) is 19.0 Å². The number of benzene rings is 1. The maximum atomic E-state index is 12.8. The maximum Gasteiger partial charge on any atom is 0.270 e. The van der Waals surface area contributed by atoms with E-state index in [1.807, 2.05) is 13.8 Å². The number of carbonyl (C=O) groups is 1. The lowest BCUT2D eigenvalue weighted by atomic mass is 10.0. The van der Waals surface area contributed by atoms with E-state index in [0.717, 1.165) is 11.1 Å². The van der Waals surface area contributed by atoms with E-state index in [-0.39, 0.29) is 24.1 Å². The van der Waals surface area contributed by atoms with Crippen LogP contribution in [0.2, 0.25) is 0 Å². The van der Waals surface area contributed by atoms with Crippen molar-refractivity contribution >= 4 is 22.5 Å². The van der Waals surface area contributed by atoms with Crippen LogP contribution in [0, 0.1) is 16.0 Å². The highest BCUT2D eigenvalue weighted by molar-refractivity contribution is 5.85. The first-order chi connectivity index (χ1) is 14.9. The fraction of sp³-hybridized carbons (Fsp3) is 0.238. The third kappa shape index (κ3) is 4.27. The summed E-state index contributed by atoms with van der Waals surface area (Å²) in [5.74, 6) is 0.524. The summed E-state index contributed by atoms with van der Waals surface area (Å²) in [5, 5.41) is 18.6. The van der Waals surface area contributed by atoms with E-state index in [9.17, 15) is 14.9 Å². The Kier molecular flexibility index (Phi) is 5.44. The highest BCUT2D eigenvalue weighted by Gasteiger charge is 2.25. The molecule has 0 bridgehead atoms. The lowest BCUT2D eigenvalue weighted by molar-refractivity contribution is -0.384. The summed E-state index contributed by atoms with van der Waals surface area (Å²) in [6.45, 7) is 3.95. The number of rotatable bonds is 7. The lowest BCUT2D eigenvalue weighted by Crippen LogP contribution is -2.34. The molecule has 4 rings (SSSR count). The molecule has 3 heterocycles. The molecule has 0 saturated heterocycles. The smallest absolute Gasteiger partial charge is 0.270 e. The molecule has 10 heteroatoms. The second-order valence-corrected chi connectivity index (χ2v) is 7.43. The number of carbonyl (C=O) groups excluding carboxylic acids is 1. The Morgan fingerprint density at radius 1 is 1.23 bits per heavy atom. The van der Waals surface area contributed by atoms with Gasteiger partial charge < -0.3 is 14.4 Å². The predicted octanol–water partition coefficient (Wildman–Crippen LogP) is 3.51. The van der Waals surface area contributed by atoms with E-state index in [4.69, 9.17) is 4.52 Å². The van der Waals surface area contributed by atoms with E-state index >= 15 is 0 Å². The molecular weight excluding hydrogens is 400 g/mol. The molecule has 1 N–H and O–H groups in total. The second kappa shape index (κ2) is 8.34. The monoisotopic (exact) mass is 420 g/mol. The third-order valence-corrected chi connectivity index (χ3v) is 4.91. The molecule has 1 amide bonds. The number of hydrogen-bond acceptors (Lipinski definition) is 7. The van der Waals surface area contributed by atoms with Crippen molar-refractivity contribution in [2.75, 3.05) is 0 Å². The second-order valence-electron chi connectivity index (χ2n) is 7.43. The highest BCUT2D eigenvalue weighted by Crippen LogP contribution is 2.24. The normalized spacial score (nSPS) is 12.2. The predicted molar refractivity (Wildman–Crippen MR) is 112 cm³/mol. The molecule has 1 atom stereocenters. The zero-order chi connectivity index (χ0) is 22.0. The van der Waals surface area contributed by atoms with Gasteiger partial charge in [-0.25, -0.2) is 0 Å². The van der Waals surface area contributed by atoms with Crippen LogP contribution in [-0.4, -0.2) is 30.5 Å². The van der Waals surface area contributed by atoms with Gasteiger partial charge in [0.05, 0.1) is 4.92 Å². The topological polar surface area (TPSA) is 129 Å². The van der Waals surface area contributed by atoms with Crippen LogP contribution in [0.3, 0.4) is 0 Å². The summed E-state index contributed by atoms with van der Waals surface area (Å²) in [7, 11) is 0. The molecule has 1 unspecified atom stereocenters. The van der Waals surface area contributed by atoms with Crippen molar-refractivity contribution in [3.05, 3.63) is 71.0 Å². The molecule has 10 nitrogen and oxygen atoms in total. The minimum Gasteiger partial charge on any atom is -0.342 e. The quantitative estimate of drug-likeness (QED) is 0.358. The average Bonchev–Trinajstić information content (AvgIpc) is 3.40. The number of nitro groups is 1. The van der Waals surface area contributed by atoms with Crippen molar-refractivity contribution < 1.29 is 14.2 Å². The van der Waals surface area contributed by atoms with E-state index in [2.05, 4.69) is 20.4 Å². The SMILES string of the molecule is CC(C)C(NC(=O)Cn1ccc2cc([N+](=O)[O-])ccc21)c1nc(-c2ccncc2)no1. The molecular formula is C21H20N6O4. The Bertz CT molecular complexity index is 1230. The van der Waals surface area contributed by atoms with Gasteiger partial charge in [-0.15, -0.1) is 0 Å². The Balaban J connectivity index is 1.50. The van der Waals surface area contributed by atoms with Gasteiger partial charge in [0.2, 0.25) is 17.6 Å². The lowest BCUT2D eigenvalue weighted by Gasteiger charge is -2.19. The van der Waals surface area contributed by atoms with Crippen LogP contribution < -0.4 is 5.32 Å². The minimum absolute atomic E-state index is 0.0102. The zero-order valence-corrected chi connectivity index (χ0v) is 16.9. The number of aromatic nitrogens is 4. The number of hydrogen-bond donors (Lipinski definition) is 1. The Morgan fingerprint density at radius 2 is 2.00 bits per heavy atom. The van der Waals surface area contributed by atoms with E-state index in [1.165, 1.54) is 12.1 Å². The number of amides is 1. The van der Waals surface area contributed by atoms with Gasteiger partial charge >= 0.3 is 0 Å². The number of non-ortho nitro benzene ring substituents is 1. The van der Waals surface area contributed by atoms with Gasteiger partial charge in [-0.2, -0.15) is 4.98 Å². The number of nitro benzene ring substituents is 1. The van der Waals surface area contributed by atoms with Gasteiger partial charge in [0.15, 0.2) is 0 Å².